The number of ether oxygens (including phenoxy) is 2. The summed E-state index contributed by atoms with van der Waals surface area (Å²) in [6.07, 6.45) is 9.71. The van der Waals surface area contributed by atoms with Crippen molar-refractivity contribution in [1.29, 1.82) is 0 Å². The molecule has 0 radical (unpaired) electrons. The van der Waals surface area contributed by atoms with Gasteiger partial charge in [-0.3, -0.25) is 0 Å². The highest BCUT2D eigenvalue weighted by Crippen LogP contribution is 2.27. The van der Waals surface area contributed by atoms with Gasteiger partial charge in [0.05, 0.1) is 19.8 Å². The summed E-state index contributed by atoms with van der Waals surface area (Å²) in [6.45, 7) is 6.96. The molecule has 18 heavy (non-hydrogen) atoms. The van der Waals surface area contributed by atoms with Gasteiger partial charge in [-0.05, 0) is 38.3 Å². The second kappa shape index (κ2) is 8.89. The van der Waals surface area contributed by atoms with Gasteiger partial charge in [0.1, 0.15) is 0 Å². The predicted molar refractivity (Wildman–Crippen MR) is 73.9 cm³/mol. The van der Waals surface area contributed by atoms with Crippen molar-refractivity contribution in [1.82, 2.24) is 4.90 Å². The number of nitrogens with zero attached hydrogens (tertiary/aromatic N) is 1. The monoisotopic (exact) mass is 255 g/mol. The topological polar surface area (TPSA) is 21.7 Å². The van der Waals surface area contributed by atoms with Gasteiger partial charge < -0.3 is 14.4 Å². The Bertz CT molecular complexity index is 177. The molecule has 106 valence electrons. The van der Waals surface area contributed by atoms with Crippen molar-refractivity contribution in [2.45, 2.75) is 44.9 Å². The van der Waals surface area contributed by atoms with Gasteiger partial charge in [0.25, 0.3) is 0 Å². The van der Waals surface area contributed by atoms with E-state index in [1.54, 1.807) is 0 Å². The minimum Gasteiger partial charge on any atom is -0.379 e. The minimum absolute atomic E-state index is 0.762. The van der Waals surface area contributed by atoms with Crippen LogP contribution in [0.1, 0.15) is 44.9 Å². The van der Waals surface area contributed by atoms with Gasteiger partial charge in [0, 0.05) is 13.2 Å². The van der Waals surface area contributed by atoms with Crippen LogP contribution in [0.5, 0.6) is 0 Å². The standard InChI is InChI=1S/C15H29NO2/c1-2-6-15(5-1)7-11-17-13-14-18-12-10-16-8-3-4-9-16/h15H,1-14H2. The molecule has 1 aliphatic carbocycles. The molecule has 0 aromatic heterocycles. The molecular weight excluding hydrogens is 226 g/mol. The fraction of sp³-hybridized carbons (Fsp3) is 1.00. The summed E-state index contributed by atoms with van der Waals surface area (Å²) in [7, 11) is 0. The first-order valence-electron chi connectivity index (χ1n) is 7.83. The van der Waals surface area contributed by atoms with Crippen molar-refractivity contribution in [3.8, 4) is 0 Å². The molecule has 0 amide bonds. The van der Waals surface area contributed by atoms with Crippen molar-refractivity contribution in [3.05, 3.63) is 0 Å². The van der Waals surface area contributed by atoms with Gasteiger partial charge in [0.2, 0.25) is 0 Å². The van der Waals surface area contributed by atoms with Gasteiger partial charge in [-0.2, -0.15) is 0 Å². The second-order valence-electron chi connectivity index (χ2n) is 5.71. The molecular formula is C15H29NO2. The Morgan fingerprint density at radius 1 is 0.778 bits per heavy atom. The Kier molecular flexibility index (Phi) is 7.06. The Hall–Kier alpha value is -0.120. The molecule has 2 rings (SSSR count). The molecule has 0 atom stereocenters. The molecule has 1 saturated heterocycles. The zero-order chi connectivity index (χ0) is 12.5. The van der Waals surface area contributed by atoms with Crippen LogP contribution in [0.25, 0.3) is 0 Å². The second-order valence-corrected chi connectivity index (χ2v) is 5.71. The SMILES string of the molecule is C1CCC(CCOCCOCCN2CCCC2)C1. The molecule has 2 aliphatic rings. The van der Waals surface area contributed by atoms with Crippen LogP contribution in [-0.4, -0.2) is 51.0 Å². The van der Waals surface area contributed by atoms with E-state index in [-0.39, 0.29) is 0 Å². The maximum atomic E-state index is 5.63. The third-order valence-electron chi connectivity index (χ3n) is 4.27. The van der Waals surface area contributed by atoms with E-state index in [2.05, 4.69) is 4.90 Å². The molecule has 2 fully saturated rings. The van der Waals surface area contributed by atoms with Gasteiger partial charge in [-0.1, -0.05) is 25.7 Å². The fourth-order valence-corrected chi connectivity index (χ4v) is 3.07. The molecule has 1 saturated carbocycles. The fourth-order valence-electron chi connectivity index (χ4n) is 3.07. The summed E-state index contributed by atoms with van der Waals surface area (Å²) in [6, 6.07) is 0. The van der Waals surface area contributed by atoms with E-state index in [0.29, 0.717) is 0 Å². The molecule has 0 N–H and O–H groups in total. The average Bonchev–Trinajstić information content (AvgIpc) is 3.05. The first-order chi connectivity index (χ1) is 8.95. The van der Waals surface area contributed by atoms with Crippen molar-refractivity contribution >= 4 is 0 Å². The maximum Gasteiger partial charge on any atom is 0.0701 e. The van der Waals surface area contributed by atoms with Crippen LogP contribution < -0.4 is 0 Å². The highest BCUT2D eigenvalue weighted by molar-refractivity contribution is 4.66. The lowest BCUT2D eigenvalue weighted by Gasteiger charge is -2.14. The maximum absolute atomic E-state index is 5.63. The number of rotatable bonds is 9. The van der Waals surface area contributed by atoms with Crippen molar-refractivity contribution < 1.29 is 9.47 Å². The lowest BCUT2D eigenvalue weighted by Crippen LogP contribution is -2.24. The highest BCUT2D eigenvalue weighted by Gasteiger charge is 2.14. The van der Waals surface area contributed by atoms with E-state index in [4.69, 9.17) is 9.47 Å². The van der Waals surface area contributed by atoms with Crippen LogP contribution >= 0.6 is 0 Å². The van der Waals surface area contributed by atoms with E-state index in [0.717, 1.165) is 38.9 Å². The number of hydrogen-bond acceptors (Lipinski definition) is 3. The number of hydrogen-bond donors (Lipinski definition) is 0. The van der Waals surface area contributed by atoms with E-state index < -0.39 is 0 Å². The smallest absolute Gasteiger partial charge is 0.0701 e. The van der Waals surface area contributed by atoms with Crippen LogP contribution in [0, 0.1) is 5.92 Å². The molecule has 0 aromatic carbocycles. The van der Waals surface area contributed by atoms with Gasteiger partial charge in [-0.25, -0.2) is 0 Å². The third kappa shape index (κ3) is 5.68. The lowest BCUT2D eigenvalue weighted by atomic mass is 10.1. The molecule has 0 spiro atoms. The molecule has 0 unspecified atom stereocenters. The normalized spacial score (nSPS) is 22.0. The summed E-state index contributed by atoms with van der Waals surface area (Å²) in [5.41, 5.74) is 0. The molecule has 1 aliphatic heterocycles. The Morgan fingerprint density at radius 2 is 1.44 bits per heavy atom. The van der Waals surface area contributed by atoms with Crippen LogP contribution in [0.15, 0.2) is 0 Å². The first kappa shape index (κ1) is 14.3. The summed E-state index contributed by atoms with van der Waals surface area (Å²) < 4.78 is 11.2. The van der Waals surface area contributed by atoms with Gasteiger partial charge in [-0.15, -0.1) is 0 Å². The molecule has 3 nitrogen and oxygen atoms in total. The molecule has 1 heterocycles. The Balaban J connectivity index is 1.31. The van der Waals surface area contributed by atoms with Crippen molar-refractivity contribution in [2.75, 3.05) is 46.1 Å². The molecule has 0 aromatic rings. The summed E-state index contributed by atoms with van der Waals surface area (Å²) in [5.74, 6) is 0.945. The highest BCUT2D eigenvalue weighted by atomic mass is 16.5. The van der Waals surface area contributed by atoms with E-state index in [1.165, 1.54) is 58.0 Å². The summed E-state index contributed by atoms with van der Waals surface area (Å²) in [4.78, 5) is 2.49. The number of likely N-dealkylation sites (tertiary alicyclic amines) is 1. The zero-order valence-corrected chi connectivity index (χ0v) is 11.7. The largest absolute Gasteiger partial charge is 0.379 e. The summed E-state index contributed by atoms with van der Waals surface area (Å²) in [5, 5.41) is 0. The lowest BCUT2D eigenvalue weighted by molar-refractivity contribution is 0.0366. The van der Waals surface area contributed by atoms with E-state index in [1.807, 2.05) is 0 Å². The zero-order valence-electron chi connectivity index (χ0n) is 11.7. The third-order valence-corrected chi connectivity index (χ3v) is 4.27. The van der Waals surface area contributed by atoms with Gasteiger partial charge >= 0.3 is 0 Å². The molecule has 0 bridgehead atoms. The van der Waals surface area contributed by atoms with E-state index in [9.17, 15) is 0 Å². The average molecular weight is 255 g/mol. The first-order valence-corrected chi connectivity index (χ1v) is 7.83. The van der Waals surface area contributed by atoms with Crippen molar-refractivity contribution in [2.24, 2.45) is 5.92 Å². The Labute approximate surface area is 112 Å². The van der Waals surface area contributed by atoms with Crippen molar-refractivity contribution in [3.63, 3.8) is 0 Å². The quantitative estimate of drug-likeness (QED) is 0.591. The Morgan fingerprint density at radius 3 is 2.17 bits per heavy atom. The van der Waals surface area contributed by atoms with Crippen LogP contribution in [0.2, 0.25) is 0 Å². The molecule has 3 heteroatoms. The van der Waals surface area contributed by atoms with Crippen LogP contribution in [0.4, 0.5) is 0 Å². The van der Waals surface area contributed by atoms with Crippen LogP contribution in [0.3, 0.4) is 0 Å². The predicted octanol–water partition coefficient (Wildman–Crippen LogP) is 2.70. The summed E-state index contributed by atoms with van der Waals surface area (Å²) >= 11 is 0. The van der Waals surface area contributed by atoms with Gasteiger partial charge in [0.15, 0.2) is 0 Å². The van der Waals surface area contributed by atoms with E-state index >= 15 is 0 Å². The minimum atomic E-state index is 0.762. The van der Waals surface area contributed by atoms with Crippen LogP contribution in [-0.2, 0) is 9.47 Å².